The minimum Gasteiger partial charge on any atom is -0.338 e. The van der Waals surface area contributed by atoms with Crippen LogP contribution in [0.5, 0.6) is 0 Å². The largest absolute Gasteiger partial charge is 0.338 e. The molecule has 21 heavy (non-hydrogen) atoms. The Morgan fingerprint density at radius 3 is 2.90 bits per heavy atom. The molecule has 0 bridgehead atoms. The van der Waals surface area contributed by atoms with Crippen molar-refractivity contribution in [2.24, 2.45) is 5.92 Å². The normalized spacial score (nSPS) is 17.4. The van der Waals surface area contributed by atoms with Crippen molar-refractivity contribution in [1.82, 2.24) is 10.2 Å². The van der Waals surface area contributed by atoms with Crippen molar-refractivity contribution in [3.8, 4) is 0 Å². The van der Waals surface area contributed by atoms with E-state index >= 15 is 0 Å². The first-order chi connectivity index (χ1) is 9.52. The van der Waals surface area contributed by atoms with Gasteiger partial charge in [0.05, 0.1) is 4.92 Å². The van der Waals surface area contributed by atoms with Gasteiger partial charge in [0.15, 0.2) is 0 Å². The number of nitro groups is 1. The van der Waals surface area contributed by atoms with E-state index in [1.165, 1.54) is 0 Å². The molecule has 8 heteroatoms. The summed E-state index contributed by atoms with van der Waals surface area (Å²) in [5.74, 6) is -0.795. The maximum absolute atomic E-state index is 13.3. The first-order valence-corrected chi connectivity index (χ1v) is 6.40. The molecule has 1 heterocycles. The van der Waals surface area contributed by atoms with Crippen LogP contribution in [0.25, 0.3) is 0 Å². The Labute approximate surface area is 127 Å². The van der Waals surface area contributed by atoms with Crippen molar-refractivity contribution in [3.63, 3.8) is 0 Å². The monoisotopic (exact) mass is 317 g/mol. The van der Waals surface area contributed by atoms with Crippen molar-refractivity contribution in [2.45, 2.75) is 6.42 Å². The van der Waals surface area contributed by atoms with Gasteiger partial charge in [0.2, 0.25) is 0 Å². The van der Waals surface area contributed by atoms with Crippen molar-refractivity contribution < 1.29 is 14.1 Å². The van der Waals surface area contributed by atoms with Gasteiger partial charge in [-0.05, 0) is 38.1 Å². The molecule has 0 saturated carbocycles. The molecule has 6 nitrogen and oxygen atoms in total. The van der Waals surface area contributed by atoms with E-state index in [0.717, 1.165) is 31.2 Å². The van der Waals surface area contributed by atoms with Crippen LogP contribution in [0.4, 0.5) is 10.1 Å². The van der Waals surface area contributed by atoms with E-state index in [-0.39, 0.29) is 23.7 Å². The number of hydrogen-bond donors (Lipinski definition) is 1. The Morgan fingerprint density at radius 1 is 1.57 bits per heavy atom. The maximum Gasteiger partial charge on any atom is 0.282 e. The van der Waals surface area contributed by atoms with Crippen molar-refractivity contribution in [2.75, 3.05) is 26.7 Å². The molecular weight excluding hydrogens is 301 g/mol. The summed E-state index contributed by atoms with van der Waals surface area (Å²) in [6, 6.07) is 2.96. The minimum atomic E-state index is -0.659. The third-order valence-corrected chi connectivity index (χ3v) is 3.45. The summed E-state index contributed by atoms with van der Waals surface area (Å²) in [6.45, 7) is 1.86. The van der Waals surface area contributed by atoms with Crippen LogP contribution in [0.3, 0.4) is 0 Å². The van der Waals surface area contributed by atoms with E-state index in [1.54, 1.807) is 4.90 Å². The zero-order chi connectivity index (χ0) is 14.7. The summed E-state index contributed by atoms with van der Waals surface area (Å²) in [6.07, 6.45) is 0.843. The predicted molar refractivity (Wildman–Crippen MR) is 78.2 cm³/mol. The van der Waals surface area contributed by atoms with Crippen LogP contribution in [0.1, 0.15) is 16.8 Å². The van der Waals surface area contributed by atoms with Gasteiger partial charge < -0.3 is 10.2 Å². The molecule has 1 unspecified atom stereocenters. The first-order valence-electron chi connectivity index (χ1n) is 6.40. The molecule has 1 N–H and O–H groups in total. The van der Waals surface area contributed by atoms with Gasteiger partial charge in [-0.3, -0.25) is 14.9 Å². The van der Waals surface area contributed by atoms with Crippen LogP contribution in [0, 0.1) is 21.8 Å². The van der Waals surface area contributed by atoms with Gasteiger partial charge in [0, 0.05) is 19.2 Å². The average molecular weight is 318 g/mol. The molecule has 2 rings (SSSR count). The molecule has 1 fully saturated rings. The number of hydrogen-bond acceptors (Lipinski definition) is 4. The van der Waals surface area contributed by atoms with E-state index in [9.17, 15) is 19.3 Å². The molecule has 1 saturated heterocycles. The van der Waals surface area contributed by atoms with Gasteiger partial charge in [0.1, 0.15) is 11.4 Å². The van der Waals surface area contributed by atoms with Crippen molar-refractivity contribution in [1.29, 1.82) is 0 Å². The van der Waals surface area contributed by atoms with E-state index < -0.39 is 16.6 Å². The van der Waals surface area contributed by atoms with E-state index in [1.807, 2.05) is 7.05 Å². The molecule has 1 aromatic carbocycles. The van der Waals surface area contributed by atoms with E-state index in [2.05, 4.69) is 5.32 Å². The lowest BCUT2D eigenvalue weighted by Gasteiger charge is -2.16. The topological polar surface area (TPSA) is 75.5 Å². The number of nitrogens with zero attached hydrogens (tertiary/aromatic N) is 2. The minimum absolute atomic E-state index is 0. The van der Waals surface area contributed by atoms with Gasteiger partial charge in [0.25, 0.3) is 11.6 Å². The number of carbonyl (C=O) groups is 1. The standard InChI is InChI=1S/C13H16FN3O3.ClH/c1-15-7-9-4-5-16(8-9)13(18)11-6-10(14)2-3-12(11)17(19)20;/h2-3,6,9,15H,4-5,7-8H2,1H3;1H. The molecule has 1 atom stereocenters. The molecule has 1 aromatic rings. The summed E-state index contributed by atoms with van der Waals surface area (Å²) in [7, 11) is 1.84. The summed E-state index contributed by atoms with van der Waals surface area (Å²) < 4.78 is 13.3. The summed E-state index contributed by atoms with van der Waals surface area (Å²) in [5.41, 5.74) is -0.534. The van der Waals surface area contributed by atoms with Crippen LogP contribution in [-0.2, 0) is 0 Å². The second-order valence-corrected chi connectivity index (χ2v) is 4.88. The fourth-order valence-corrected chi connectivity index (χ4v) is 2.48. The Bertz CT molecular complexity index is 541. The fraction of sp³-hybridized carbons (Fsp3) is 0.462. The number of amides is 1. The molecular formula is C13H17ClFN3O3. The van der Waals surface area contributed by atoms with Crippen LogP contribution in [-0.4, -0.2) is 42.4 Å². The Balaban J connectivity index is 0.00000220. The number of benzene rings is 1. The SMILES string of the molecule is CNCC1CCN(C(=O)c2cc(F)ccc2[N+](=O)[O-])C1.Cl. The van der Waals surface area contributed by atoms with Crippen LogP contribution >= 0.6 is 12.4 Å². The highest BCUT2D eigenvalue weighted by Gasteiger charge is 2.30. The lowest BCUT2D eigenvalue weighted by Crippen LogP contribution is -2.30. The zero-order valence-electron chi connectivity index (χ0n) is 11.5. The molecule has 0 radical (unpaired) electrons. The fourth-order valence-electron chi connectivity index (χ4n) is 2.48. The molecule has 0 aliphatic carbocycles. The third kappa shape index (κ3) is 3.89. The van der Waals surface area contributed by atoms with E-state index in [0.29, 0.717) is 19.0 Å². The van der Waals surface area contributed by atoms with Crippen LogP contribution < -0.4 is 5.32 Å². The maximum atomic E-state index is 13.3. The molecule has 0 aromatic heterocycles. The smallest absolute Gasteiger partial charge is 0.282 e. The highest BCUT2D eigenvalue weighted by atomic mass is 35.5. The second-order valence-electron chi connectivity index (χ2n) is 4.88. The quantitative estimate of drug-likeness (QED) is 0.679. The van der Waals surface area contributed by atoms with Gasteiger partial charge in [-0.2, -0.15) is 0 Å². The van der Waals surface area contributed by atoms with Gasteiger partial charge in [-0.15, -0.1) is 12.4 Å². The van der Waals surface area contributed by atoms with Gasteiger partial charge in [-0.1, -0.05) is 0 Å². The summed E-state index contributed by atoms with van der Waals surface area (Å²) >= 11 is 0. The molecule has 1 aliphatic heterocycles. The number of carbonyl (C=O) groups excluding carboxylic acids is 1. The molecule has 116 valence electrons. The number of likely N-dealkylation sites (tertiary alicyclic amines) is 1. The predicted octanol–water partition coefficient (Wildman–Crippen LogP) is 1.84. The Kier molecular flexibility index (Phi) is 6.04. The number of rotatable bonds is 4. The Morgan fingerprint density at radius 2 is 2.29 bits per heavy atom. The molecule has 1 aliphatic rings. The second kappa shape index (κ2) is 7.33. The van der Waals surface area contributed by atoms with Crippen molar-refractivity contribution >= 4 is 24.0 Å². The van der Waals surface area contributed by atoms with Crippen LogP contribution in [0.15, 0.2) is 18.2 Å². The van der Waals surface area contributed by atoms with Gasteiger partial charge >= 0.3 is 0 Å². The number of halogens is 2. The van der Waals surface area contributed by atoms with Crippen LogP contribution in [0.2, 0.25) is 0 Å². The highest BCUT2D eigenvalue weighted by molar-refractivity contribution is 5.98. The number of nitro benzene ring substituents is 1. The Hall–Kier alpha value is -1.73. The average Bonchev–Trinajstić information content (AvgIpc) is 2.86. The summed E-state index contributed by atoms with van der Waals surface area (Å²) in [5, 5.41) is 14.0. The highest BCUT2D eigenvalue weighted by Crippen LogP contribution is 2.24. The summed E-state index contributed by atoms with van der Waals surface area (Å²) in [4.78, 5) is 24.1. The molecule has 0 spiro atoms. The number of nitrogens with one attached hydrogen (secondary N) is 1. The van der Waals surface area contributed by atoms with E-state index in [4.69, 9.17) is 0 Å². The van der Waals surface area contributed by atoms with Crippen molar-refractivity contribution in [3.05, 3.63) is 39.7 Å². The van der Waals surface area contributed by atoms with Gasteiger partial charge in [-0.25, -0.2) is 4.39 Å². The zero-order valence-corrected chi connectivity index (χ0v) is 12.4. The lowest BCUT2D eigenvalue weighted by molar-refractivity contribution is -0.385. The lowest BCUT2D eigenvalue weighted by atomic mass is 10.1. The third-order valence-electron chi connectivity index (χ3n) is 3.45. The first kappa shape index (κ1) is 17.3. The molecule has 1 amide bonds.